The van der Waals surface area contributed by atoms with Crippen molar-refractivity contribution < 1.29 is 9.90 Å². The minimum Gasteiger partial charge on any atom is -0.385 e. The van der Waals surface area contributed by atoms with Gasteiger partial charge in [0.25, 0.3) is 0 Å². The molecule has 6 heteroatoms. The zero-order valence-electron chi connectivity index (χ0n) is 14.6. The average molecular weight is 324 g/mol. The van der Waals surface area contributed by atoms with Crippen molar-refractivity contribution in [2.24, 2.45) is 22.6 Å². The van der Waals surface area contributed by atoms with Gasteiger partial charge in [0.05, 0.1) is 12.1 Å². The van der Waals surface area contributed by atoms with E-state index in [1.54, 1.807) is 0 Å². The van der Waals surface area contributed by atoms with Gasteiger partial charge in [0.15, 0.2) is 0 Å². The van der Waals surface area contributed by atoms with Gasteiger partial charge in [0.1, 0.15) is 11.9 Å². The van der Waals surface area contributed by atoms with E-state index in [1.807, 2.05) is 20.8 Å². The summed E-state index contributed by atoms with van der Waals surface area (Å²) in [5.41, 5.74) is 5.92. The van der Waals surface area contributed by atoms with Crippen LogP contribution in [-0.2, 0) is 4.79 Å². The van der Waals surface area contributed by atoms with Gasteiger partial charge in [0, 0.05) is 6.04 Å². The molecule has 5 N–H and O–H groups in total. The summed E-state index contributed by atoms with van der Waals surface area (Å²) in [6.45, 7) is 6.85. The van der Waals surface area contributed by atoms with Gasteiger partial charge >= 0.3 is 0 Å². The second-order valence-electron chi connectivity index (χ2n) is 7.02. The molecular formula is C17H32N4O2. The van der Waals surface area contributed by atoms with Gasteiger partial charge < -0.3 is 21.5 Å². The first-order chi connectivity index (χ1) is 11.0. The van der Waals surface area contributed by atoms with Crippen LogP contribution in [0.5, 0.6) is 0 Å². The van der Waals surface area contributed by atoms with Crippen molar-refractivity contribution in [3.05, 3.63) is 0 Å². The van der Waals surface area contributed by atoms with Crippen LogP contribution in [0.15, 0.2) is 4.99 Å². The van der Waals surface area contributed by atoms with Crippen LogP contribution in [0.4, 0.5) is 0 Å². The molecule has 2 rings (SSSR count). The Balaban J connectivity index is 1.95. The zero-order valence-corrected chi connectivity index (χ0v) is 14.6. The summed E-state index contributed by atoms with van der Waals surface area (Å²) in [6, 6.07) is -0.442. The Morgan fingerprint density at radius 1 is 1.39 bits per heavy atom. The number of nitrogens with one attached hydrogen (secondary N) is 2. The highest BCUT2D eigenvalue weighted by molar-refractivity contribution is 5.87. The lowest BCUT2D eigenvalue weighted by atomic mass is 9.93. The minimum absolute atomic E-state index is 0.0124. The van der Waals surface area contributed by atoms with E-state index in [2.05, 4.69) is 15.6 Å². The van der Waals surface area contributed by atoms with Gasteiger partial charge in [-0.15, -0.1) is 0 Å². The third-order valence-corrected chi connectivity index (χ3v) is 5.44. The Labute approximate surface area is 139 Å². The Morgan fingerprint density at radius 2 is 2.13 bits per heavy atom. The fourth-order valence-electron chi connectivity index (χ4n) is 3.78. The lowest BCUT2D eigenvalue weighted by molar-refractivity contribution is -0.125. The van der Waals surface area contributed by atoms with Crippen LogP contribution in [-0.4, -0.2) is 47.6 Å². The number of hydrogen-bond donors (Lipinski definition) is 4. The molecule has 0 spiro atoms. The first kappa shape index (κ1) is 18.2. The maximum atomic E-state index is 12.6. The molecule has 6 nitrogen and oxygen atoms in total. The Hall–Kier alpha value is -1.14. The molecule has 1 aliphatic heterocycles. The fraction of sp³-hybridized carbons (Fsp3) is 0.882. The van der Waals surface area contributed by atoms with Crippen molar-refractivity contribution in [1.29, 1.82) is 0 Å². The SMILES string of the molecule is CCC(C)N=C(N)C(O)C(CC)NC(=O)C1NCC2CCCC21. The van der Waals surface area contributed by atoms with Crippen molar-refractivity contribution in [3.8, 4) is 0 Å². The molecule has 1 aliphatic carbocycles. The summed E-state index contributed by atoms with van der Waals surface area (Å²) in [5, 5.41) is 16.7. The first-order valence-corrected chi connectivity index (χ1v) is 9.02. The summed E-state index contributed by atoms with van der Waals surface area (Å²) in [6.07, 6.45) is 4.10. The predicted octanol–water partition coefficient (Wildman–Crippen LogP) is 0.786. The van der Waals surface area contributed by atoms with Crippen LogP contribution in [0, 0.1) is 11.8 Å². The van der Waals surface area contributed by atoms with E-state index in [0.717, 1.165) is 19.4 Å². The maximum Gasteiger partial charge on any atom is 0.237 e. The number of fused-ring (bicyclic) bond motifs is 1. The number of hydrogen-bond acceptors (Lipinski definition) is 4. The second-order valence-corrected chi connectivity index (χ2v) is 7.02. The van der Waals surface area contributed by atoms with E-state index in [0.29, 0.717) is 18.3 Å². The quantitative estimate of drug-likeness (QED) is 0.411. The summed E-state index contributed by atoms with van der Waals surface area (Å²) in [4.78, 5) is 16.9. The van der Waals surface area contributed by atoms with Crippen molar-refractivity contribution >= 4 is 11.7 Å². The number of rotatable bonds is 7. The van der Waals surface area contributed by atoms with E-state index in [9.17, 15) is 9.90 Å². The van der Waals surface area contributed by atoms with Crippen LogP contribution in [0.25, 0.3) is 0 Å². The van der Waals surface area contributed by atoms with E-state index >= 15 is 0 Å². The van der Waals surface area contributed by atoms with Crippen LogP contribution in [0.1, 0.15) is 52.9 Å². The smallest absolute Gasteiger partial charge is 0.237 e. The number of carbonyl (C=O) groups excluding carboxylic acids is 1. The summed E-state index contributed by atoms with van der Waals surface area (Å²) in [5.74, 6) is 1.27. The minimum atomic E-state index is -0.932. The fourth-order valence-corrected chi connectivity index (χ4v) is 3.78. The number of amides is 1. The number of aliphatic hydroxyl groups is 1. The molecule has 23 heavy (non-hydrogen) atoms. The van der Waals surface area contributed by atoms with Crippen molar-refractivity contribution in [2.45, 2.75) is 77.1 Å². The number of aliphatic imine (C=N–C) groups is 1. The topological polar surface area (TPSA) is 99.7 Å². The van der Waals surface area contributed by atoms with E-state index < -0.39 is 12.1 Å². The Bertz CT molecular complexity index is 440. The van der Waals surface area contributed by atoms with Gasteiger partial charge in [-0.2, -0.15) is 0 Å². The molecule has 1 amide bonds. The standard InChI is InChI=1S/C17H32N4O2/c1-4-10(3)20-16(18)15(22)13(5-2)21-17(23)14-12-8-6-7-11(12)9-19-14/h10-15,19,22H,4-9H2,1-3H3,(H2,18,20)(H,21,23). The third-order valence-electron chi connectivity index (χ3n) is 5.44. The molecule has 0 aromatic rings. The van der Waals surface area contributed by atoms with Gasteiger partial charge in [0.2, 0.25) is 5.91 Å². The number of nitrogens with zero attached hydrogens (tertiary/aromatic N) is 1. The largest absolute Gasteiger partial charge is 0.385 e. The molecule has 1 saturated carbocycles. The molecule has 1 heterocycles. The van der Waals surface area contributed by atoms with Crippen molar-refractivity contribution in [3.63, 3.8) is 0 Å². The van der Waals surface area contributed by atoms with Gasteiger partial charge in [-0.3, -0.25) is 9.79 Å². The highest BCUT2D eigenvalue weighted by Crippen LogP contribution is 2.37. The average Bonchev–Trinajstić information content (AvgIpc) is 3.14. The predicted molar refractivity (Wildman–Crippen MR) is 92.2 cm³/mol. The molecule has 6 atom stereocenters. The summed E-state index contributed by atoms with van der Waals surface area (Å²) >= 11 is 0. The van der Waals surface area contributed by atoms with Gasteiger partial charge in [-0.05, 0) is 51.0 Å². The van der Waals surface area contributed by atoms with E-state index in [4.69, 9.17) is 5.73 Å². The van der Waals surface area contributed by atoms with Crippen LogP contribution in [0.2, 0.25) is 0 Å². The van der Waals surface area contributed by atoms with Crippen molar-refractivity contribution in [1.82, 2.24) is 10.6 Å². The second kappa shape index (κ2) is 8.11. The number of amidine groups is 1. The Kier molecular flexibility index (Phi) is 6.41. The lowest BCUT2D eigenvalue weighted by Crippen LogP contribution is -2.54. The lowest BCUT2D eigenvalue weighted by Gasteiger charge is -2.26. The summed E-state index contributed by atoms with van der Waals surface area (Å²) in [7, 11) is 0. The summed E-state index contributed by atoms with van der Waals surface area (Å²) < 4.78 is 0. The molecule has 0 radical (unpaired) electrons. The van der Waals surface area contributed by atoms with Gasteiger partial charge in [-0.1, -0.05) is 20.3 Å². The monoisotopic (exact) mass is 324 g/mol. The number of aliphatic hydroxyl groups excluding tert-OH is 1. The maximum absolute atomic E-state index is 12.6. The molecule has 2 fully saturated rings. The van der Waals surface area contributed by atoms with Crippen LogP contribution in [0.3, 0.4) is 0 Å². The third kappa shape index (κ3) is 4.23. The van der Waals surface area contributed by atoms with Crippen LogP contribution >= 0.6 is 0 Å². The highest BCUT2D eigenvalue weighted by Gasteiger charge is 2.43. The first-order valence-electron chi connectivity index (χ1n) is 9.02. The molecule has 132 valence electrons. The van der Waals surface area contributed by atoms with E-state index in [1.165, 1.54) is 12.8 Å². The number of carbonyl (C=O) groups is 1. The molecule has 1 saturated heterocycles. The van der Waals surface area contributed by atoms with Gasteiger partial charge in [-0.25, -0.2) is 0 Å². The molecule has 0 aromatic heterocycles. The molecule has 0 aromatic carbocycles. The molecular weight excluding hydrogens is 292 g/mol. The van der Waals surface area contributed by atoms with Crippen LogP contribution < -0.4 is 16.4 Å². The zero-order chi connectivity index (χ0) is 17.0. The van der Waals surface area contributed by atoms with Crippen molar-refractivity contribution in [2.75, 3.05) is 6.54 Å². The number of nitrogens with two attached hydrogens (primary N) is 1. The normalized spacial score (nSPS) is 31.5. The molecule has 6 unspecified atom stereocenters. The Morgan fingerprint density at radius 3 is 2.78 bits per heavy atom. The van der Waals surface area contributed by atoms with E-state index in [-0.39, 0.29) is 23.8 Å². The molecule has 2 aliphatic rings. The molecule has 0 bridgehead atoms. The highest BCUT2D eigenvalue weighted by atomic mass is 16.3.